The Morgan fingerprint density at radius 1 is 0.374 bits per heavy atom. The van der Waals surface area contributed by atoms with Gasteiger partial charge in [-0.25, -0.2) is 0 Å². The molecule has 17 unspecified atom stereocenters. The Morgan fingerprint density at radius 3 is 1.09 bits per heavy atom. The zero-order valence-electron chi connectivity index (χ0n) is 61.7. The molecule has 0 radical (unpaired) electrons. The van der Waals surface area contributed by atoms with Gasteiger partial charge in [0.15, 0.2) is 18.9 Å². The van der Waals surface area contributed by atoms with Gasteiger partial charge in [0.1, 0.15) is 73.2 Å². The van der Waals surface area contributed by atoms with Crippen LogP contribution in [0.4, 0.5) is 0 Å². The molecule has 0 aromatic heterocycles. The van der Waals surface area contributed by atoms with Gasteiger partial charge in [-0.1, -0.05) is 306 Å². The van der Waals surface area contributed by atoms with Gasteiger partial charge in [0, 0.05) is 6.42 Å². The fourth-order valence-corrected chi connectivity index (χ4v) is 13.4. The van der Waals surface area contributed by atoms with Crippen molar-refractivity contribution in [2.24, 2.45) is 0 Å². The quantitative estimate of drug-likeness (QED) is 0.0199. The van der Waals surface area contributed by atoms with Crippen LogP contribution in [0.2, 0.25) is 0 Å². The van der Waals surface area contributed by atoms with E-state index in [1.54, 1.807) is 6.08 Å². The van der Waals surface area contributed by atoms with Crippen LogP contribution in [0.5, 0.6) is 0 Å². The van der Waals surface area contributed by atoms with E-state index in [0.29, 0.717) is 6.42 Å². The zero-order valence-corrected chi connectivity index (χ0v) is 61.7. The van der Waals surface area contributed by atoms with Crippen molar-refractivity contribution in [1.82, 2.24) is 5.32 Å². The zero-order chi connectivity index (χ0) is 71.8. The summed E-state index contributed by atoms with van der Waals surface area (Å²) >= 11 is 0. The van der Waals surface area contributed by atoms with Crippen LogP contribution in [0.15, 0.2) is 60.8 Å². The normalized spacial score (nSPS) is 26.9. The minimum atomic E-state index is -1.98. The van der Waals surface area contributed by atoms with Crippen molar-refractivity contribution in [1.29, 1.82) is 0 Å². The average molecular weight is 1410 g/mol. The van der Waals surface area contributed by atoms with Crippen LogP contribution < -0.4 is 5.32 Å². The molecule has 0 bridgehead atoms. The van der Waals surface area contributed by atoms with Crippen molar-refractivity contribution in [3.63, 3.8) is 0 Å². The number of aliphatic hydroxyl groups excluding tert-OH is 11. The topological polar surface area (TPSA) is 307 Å². The van der Waals surface area contributed by atoms with E-state index in [1.165, 1.54) is 212 Å². The third-order valence-electron chi connectivity index (χ3n) is 19.8. The maximum Gasteiger partial charge on any atom is 0.220 e. The minimum absolute atomic E-state index is 0.246. The summed E-state index contributed by atoms with van der Waals surface area (Å²) in [5.74, 6) is -0.271. The van der Waals surface area contributed by atoms with Crippen molar-refractivity contribution in [3.8, 4) is 0 Å². The van der Waals surface area contributed by atoms with Gasteiger partial charge in [-0.05, 0) is 57.8 Å². The van der Waals surface area contributed by atoms with Crippen LogP contribution in [0.1, 0.15) is 309 Å². The van der Waals surface area contributed by atoms with E-state index < -0.39 is 124 Å². The third-order valence-corrected chi connectivity index (χ3v) is 19.8. The fraction of sp³-hybridized carbons (Fsp3) is 0.863. The predicted octanol–water partition coefficient (Wildman–Crippen LogP) is 13.1. The van der Waals surface area contributed by atoms with Crippen LogP contribution in [-0.4, -0.2) is 193 Å². The number of carbonyl (C=O) groups is 1. The minimum Gasteiger partial charge on any atom is -0.394 e. The number of ether oxygens (including phenoxy) is 6. The van der Waals surface area contributed by atoms with Gasteiger partial charge in [0.2, 0.25) is 5.91 Å². The van der Waals surface area contributed by atoms with Crippen molar-refractivity contribution in [3.05, 3.63) is 60.8 Å². The van der Waals surface area contributed by atoms with Gasteiger partial charge in [-0.3, -0.25) is 4.79 Å². The van der Waals surface area contributed by atoms with Crippen LogP contribution in [-0.2, 0) is 33.2 Å². The van der Waals surface area contributed by atoms with Crippen LogP contribution in [0.3, 0.4) is 0 Å². The molecule has 0 saturated carbocycles. The third kappa shape index (κ3) is 41.1. The monoisotopic (exact) mass is 1410 g/mol. The number of nitrogens with one attached hydrogen (secondary N) is 1. The first-order valence-electron chi connectivity index (χ1n) is 40.0. The van der Waals surface area contributed by atoms with Crippen molar-refractivity contribution in [2.75, 3.05) is 26.4 Å². The Morgan fingerprint density at radius 2 is 0.697 bits per heavy atom. The molecule has 0 aromatic rings. The van der Waals surface area contributed by atoms with Crippen molar-refractivity contribution < 1.29 is 89.4 Å². The molecule has 0 spiro atoms. The Hall–Kier alpha value is -2.51. The molecule has 0 aliphatic carbocycles. The molecule has 3 rings (SSSR count). The molecule has 578 valence electrons. The smallest absolute Gasteiger partial charge is 0.220 e. The standard InChI is InChI=1S/C80H145NO18/c1-3-5-7-9-11-13-15-17-19-20-21-22-23-24-25-26-27-28-29-30-31-32-33-34-35-36-37-38-39-40-41-42-44-46-48-50-52-54-56-58-68(86)81-63(64(85)57-55-53-51-49-47-45-43-18-16-14-12-10-8-6-4-2)62-94-78-74(92)71(89)76(66(60-83)96-78)99-80-75(93)72(90)77(67(61-84)97-80)98-79-73(91)70(88)69(87)65(59-82)95-79/h5,7,11,13,17,19,21-22,55,57,63-67,69-80,82-85,87-93H,3-4,6,8-10,12,14-16,18,20,23-54,56,58-62H2,1-2H3,(H,81,86)/b7-5-,13-11-,19-17-,22-21-,57-55+. The molecule has 19 heteroatoms. The number of unbranched alkanes of at least 4 members (excludes halogenated alkanes) is 39. The predicted molar refractivity (Wildman–Crippen MR) is 392 cm³/mol. The molecule has 3 saturated heterocycles. The van der Waals surface area contributed by atoms with Gasteiger partial charge in [0.05, 0.1) is 38.6 Å². The molecule has 3 fully saturated rings. The van der Waals surface area contributed by atoms with Gasteiger partial charge in [-0.15, -0.1) is 0 Å². The van der Waals surface area contributed by atoms with E-state index in [-0.39, 0.29) is 18.9 Å². The average Bonchev–Trinajstić information content (AvgIpc) is 0.784. The lowest BCUT2D eigenvalue weighted by atomic mass is 9.96. The highest BCUT2D eigenvalue weighted by Gasteiger charge is 2.54. The second-order valence-electron chi connectivity index (χ2n) is 28.5. The van der Waals surface area contributed by atoms with Crippen molar-refractivity contribution >= 4 is 5.91 Å². The Bertz CT molecular complexity index is 2020. The largest absolute Gasteiger partial charge is 0.394 e. The number of hydrogen-bond donors (Lipinski definition) is 12. The molecule has 99 heavy (non-hydrogen) atoms. The number of hydrogen-bond acceptors (Lipinski definition) is 18. The summed E-state index contributed by atoms with van der Waals surface area (Å²) < 4.78 is 34.4. The summed E-state index contributed by atoms with van der Waals surface area (Å²) in [6.45, 7) is 1.65. The van der Waals surface area contributed by atoms with Gasteiger partial charge in [-0.2, -0.15) is 0 Å². The first-order chi connectivity index (χ1) is 48.3. The van der Waals surface area contributed by atoms with E-state index >= 15 is 0 Å². The van der Waals surface area contributed by atoms with Crippen molar-refractivity contribution in [2.45, 2.75) is 413 Å². The summed E-state index contributed by atoms with van der Waals surface area (Å²) in [5.41, 5.74) is 0. The number of aliphatic hydroxyl groups is 11. The highest BCUT2D eigenvalue weighted by Crippen LogP contribution is 2.33. The molecule has 0 aromatic carbocycles. The Balaban J connectivity index is 1.29. The van der Waals surface area contributed by atoms with Crippen LogP contribution in [0.25, 0.3) is 0 Å². The number of carbonyl (C=O) groups excluding carboxylic acids is 1. The Labute approximate surface area is 598 Å². The van der Waals surface area contributed by atoms with E-state index in [4.69, 9.17) is 28.4 Å². The molecular weight excluding hydrogens is 1260 g/mol. The molecule has 3 aliphatic rings. The summed E-state index contributed by atoms with van der Waals surface area (Å²) in [6, 6.07) is -0.972. The molecule has 12 N–H and O–H groups in total. The molecule has 1 amide bonds. The lowest BCUT2D eigenvalue weighted by Gasteiger charge is -2.48. The van der Waals surface area contributed by atoms with E-state index in [1.807, 2.05) is 6.08 Å². The van der Waals surface area contributed by atoms with Crippen LogP contribution >= 0.6 is 0 Å². The molecule has 3 heterocycles. The highest BCUT2D eigenvalue weighted by molar-refractivity contribution is 5.76. The lowest BCUT2D eigenvalue weighted by Crippen LogP contribution is -2.66. The number of rotatable bonds is 63. The van der Waals surface area contributed by atoms with E-state index in [2.05, 4.69) is 67.8 Å². The van der Waals surface area contributed by atoms with Gasteiger partial charge >= 0.3 is 0 Å². The first-order valence-corrected chi connectivity index (χ1v) is 40.0. The molecule has 17 atom stereocenters. The highest BCUT2D eigenvalue weighted by atomic mass is 16.8. The SMILES string of the molecule is CC/C=C\C/C=C\C/C=C\C/C=C\CCCCCCCCCCCCCCCCCCCCCCCCCCCCC(=O)NC(COC1OC(CO)C(OC2OC(CO)C(OC3OC(CO)C(O)C(O)C3O)C(O)C2O)C(O)C1O)C(O)/C=C/CCCCCCCCCCCCCCC. The molecular formula is C80H145NO18. The lowest BCUT2D eigenvalue weighted by molar-refractivity contribution is -0.379. The van der Waals surface area contributed by atoms with E-state index in [9.17, 15) is 61.0 Å². The maximum atomic E-state index is 13.4. The van der Waals surface area contributed by atoms with Gasteiger partial charge in [0.25, 0.3) is 0 Å². The summed E-state index contributed by atoms with van der Waals surface area (Å²) in [4.78, 5) is 13.4. The first kappa shape index (κ1) is 90.7. The summed E-state index contributed by atoms with van der Waals surface area (Å²) in [7, 11) is 0. The molecule has 19 nitrogen and oxygen atoms in total. The maximum absolute atomic E-state index is 13.4. The van der Waals surface area contributed by atoms with E-state index in [0.717, 1.165) is 70.6 Å². The van der Waals surface area contributed by atoms with Gasteiger partial charge < -0.3 is 89.9 Å². The summed E-state index contributed by atoms with van der Waals surface area (Å²) in [6.07, 6.45) is 50.9. The second-order valence-corrected chi connectivity index (χ2v) is 28.5. The molecule has 3 aliphatic heterocycles. The number of amides is 1. The Kier molecular flexibility index (Phi) is 55.6. The van der Waals surface area contributed by atoms with Crippen LogP contribution in [0, 0.1) is 0 Å². The second kappa shape index (κ2) is 60.7. The fourth-order valence-electron chi connectivity index (χ4n) is 13.4. The number of allylic oxidation sites excluding steroid dienone is 9. The summed E-state index contributed by atoms with van der Waals surface area (Å²) in [5, 5.41) is 121.